The number of para-hydroxylation sites is 2. The van der Waals surface area contributed by atoms with Gasteiger partial charge in [-0.3, -0.25) is 0 Å². The molecule has 0 radical (unpaired) electrons. The van der Waals surface area contributed by atoms with Gasteiger partial charge in [-0.05, 0) is 134 Å². The Morgan fingerprint density at radius 1 is 0.314 bits per heavy atom. The number of hydrogen-bond acceptors (Lipinski definition) is 2. The summed E-state index contributed by atoms with van der Waals surface area (Å²) in [7, 11) is 0. The molecule has 3 heteroatoms. The molecule has 0 atom stereocenters. The van der Waals surface area contributed by atoms with Crippen molar-refractivity contribution in [1.29, 1.82) is 0 Å². The molecule has 0 amide bonds. The van der Waals surface area contributed by atoms with Crippen LogP contribution < -0.4 is 4.90 Å². The maximum absolute atomic E-state index is 2.43. The van der Waals surface area contributed by atoms with Gasteiger partial charge in [0.05, 0.1) is 16.4 Å². The van der Waals surface area contributed by atoms with E-state index in [1.54, 1.807) is 0 Å². The standard InChI is InChI=1S/C67H44N2S/c1-4-21-49(22-5-1)67(50-23-6-2-7-24-50)61-31-13-10-28-55(61)59-43-53(36-38-62(59)67)68(51-25-8-3-9-26-51)52-27-17-20-47(41-52)45-18-16-19-46(40-45)48-34-39-64-60(42-48)56-29-11-14-32-63(56)69(64)54-35-37-58-57-30-12-15-33-65(57)70-66(58)44-54/h1-44H. The van der Waals surface area contributed by atoms with E-state index >= 15 is 0 Å². The Kier molecular flexibility index (Phi) is 9.33. The molecule has 14 rings (SSSR count). The highest BCUT2D eigenvalue weighted by Crippen LogP contribution is 2.57. The molecule has 0 fully saturated rings. The van der Waals surface area contributed by atoms with Crippen molar-refractivity contribution in [2.45, 2.75) is 5.41 Å². The number of benzene rings is 11. The fraction of sp³-hybridized carbons (Fsp3) is 0.0149. The van der Waals surface area contributed by atoms with E-state index in [0.29, 0.717) is 0 Å². The van der Waals surface area contributed by atoms with Crippen LogP contribution in [0.3, 0.4) is 0 Å². The Hall–Kier alpha value is -8.76. The summed E-state index contributed by atoms with van der Waals surface area (Å²) in [5.74, 6) is 0. The smallest absolute Gasteiger partial charge is 0.0713 e. The summed E-state index contributed by atoms with van der Waals surface area (Å²) in [6, 6.07) is 98.5. The van der Waals surface area contributed by atoms with Gasteiger partial charge in [0, 0.05) is 53.7 Å². The van der Waals surface area contributed by atoms with E-state index in [-0.39, 0.29) is 0 Å². The fourth-order valence-electron chi connectivity index (χ4n) is 11.6. The zero-order valence-corrected chi connectivity index (χ0v) is 39.0. The molecule has 11 aromatic carbocycles. The van der Waals surface area contributed by atoms with Crippen molar-refractivity contribution in [1.82, 2.24) is 4.57 Å². The molecule has 0 bridgehead atoms. The third-order valence-corrected chi connectivity index (χ3v) is 15.8. The van der Waals surface area contributed by atoms with E-state index in [9.17, 15) is 0 Å². The van der Waals surface area contributed by atoms with E-state index in [1.165, 1.54) is 97.7 Å². The molecule has 2 aromatic heterocycles. The van der Waals surface area contributed by atoms with Crippen molar-refractivity contribution in [3.05, 3.63) is 289 Å². The molecule has 13 aromatic rings. The van der Waals surface area contributed by atoms with E-state index in [4.69, 9.17) is 0 Å². The Bertz CT molecular complexity index is 4090. The predicted octanol–water partition coefficient (Wildman–Crippen LogP) is 18.3. The molecule has 0 N–H and O–H groups in total. The molecule has 0 saturated heterocycles. The maximum Gasteiger partial charge on any atom is 0.0713 e. The molecule has 0 saturated carbocycles. The Morgan fingerprint density at radius 2 is 0.886 bits per heavy atom. The van der Waals surface area contributed by atoms with Crippen molar-refractivity contribution in [2.75, 3.05) is 4.90 Å². The number of hydrogen-bond donors (Lipinski definition) is 0. The number of fused-ring (bicyclic) bond motifs is 9. The van der Waals surface area contributed by atoms with Crippen LogP contribution in [0, 0.1) is 0 Å². The van der Waals surface area contributed by atoms with Crippen LogP contribution in [0.25, 0.3) is 81.0 Å². The SMILES string of the molecule is c1ccc(N(c2cccc(-c3cccc(-c4ccc5c(c4)c4ccccc4n5-c4ccc5c(c4)sc4ccccc45)c3)c2)c2ccc3c(c2)-c2ccccc2C3(c2ccccc2)c2ccccc2)cc1. The van der Waals surface area contributed by atoms with Gasteiger partial charge in [-0.2, -0.15) is 0 Å². The zero-order valence-electron chi connectivity index (χ0n) is 38.2. The average molecular weight is 909 g/mol. The lowest BCUT2D eigenvalue weighted by Gasteiger charge is -2.34. The van der Waals surface area contributed by atoms with Crippen molar-refractivity contribution in [3.63, 3.8) is 0 Å². The van der Waals surface area contributed by atoms with E-state index < -0.39 is 5.41 Å². The lowest BCUT2D eigenvalue weighted by atomic mass is 9.68. The molecule has 2 nitrogen and oxygen atoms in total. The second-order valence-electron chi connectivity index (χ2n) is 18.4. The topological polar surface area (TPSA) is 8.17 Å². The van der Waals surface area contributed by atoms with Gasteiger partial charge in [0.15, 0.2) is 0 Å². The van der Waals surface area contributed by atoms with Gasteiger partial charge in [-0.15, -0.1) is 11.3 Å². The maximum atomic E-state index is 2.43. The third-order valence-electron chi connectivity index (χ3n) is 14.6. The first-order valence-corrected chi connectivity index (χ1v) is 24.9. The highest BCUT2D eigenvalue weighted by molar-refractivity contribution is 7.25. The van der Waals surface area contributed by atoms with Crippen LogP contribution in [0.2, 0.25) is 0 Å². The number of aromatic nitrogens is 1. The van der Waals surface area contributed by atoms with Crippen molar-refractivity contribution >= 4 is 70.4 Å². The normalized spacial score (nSPS) is 12.7. The predicted molar refractivity (Wildman–Crippen MR) is 297 cm³/mol. The first kappa shape index (κ1) is 40.3. The van der Waals surface area contributed by atoms with Crippen molar-refractivity contribution in [3.8, 4) is 39.1 Å². The van der Waals surface area contributed by atoms with Gasteiger partial charge in [0.25, 0.3) is 0 Å². The fourth-order valence-corrected chi connectivity index (χ4v) is 12.7. The van der Waals surface area contributed by atoms with Crippen LogP contribution in [0.1, 0.15) is 22.3 Å². The molecule has 328 valence electrons. The number of nitrogens with zero attached hydrogens (tertiary/aromatic N) is 2. The zero-order chi connectivity index (χ0) is 46.2. The Labute approximate surface area is 411 Å². The second kappa shape index (κ2) is 16.2. The molecule has 0 unspecified atom stereocenters. The molecular formula is C67H44N2S. The van der Waals surface area contributed by atoms with E-state index in [2.05, 4.69) is 276 Å². The molecule has 0 spiro atoms. The molecule has 2 heterocycles. The summed E-state index contributed by atoms with van der Waals surface area (Å²) in [6.07, 6.45) is 0. The number of rotatable bonds is 8. The van der Waals surface area contributed by atoms with Crippen LogP contribution >= 0.6 is 11.3 Å². The highest BCUT2D eigenvalue weighted by Gasteiger charge is 2.46. The Morgan fingerprint density at radius 3 is 1.67 bits per heavy atom. The van der Waals surface area contributed by atoms with Gasteiger partial charge >= 0.3 is 0 Å². The first-order chi connectivity index (χ1) is 34.7. The summed E-state index contributed by atoms with van der Waals surface area (Å²) in [4.78, 5) is 2.41. The monoisotopic (exact) mass is 908 g/mol. The highest BCUT2D eigenvalue weighted by atomic mass is 32.1. The second-order valence-corrected chi connectivity index (χ2v) is 19.5. The minimum absolute atomic E-state index is 0.452. The first-order valence-electron chi connectivity index (χ1n) is 24.1. The van der Waals surface area contributed by atoms with Gasteiger partial charge in [-0.25, -0.2) is 0 Å². The van der Waals surface area contributed by atoms with Crippen LogP contribution in [-0.2, 0) is 5.41 Å². The summed E-state index contributed by atoms with van der Waals surface area (Å²) in [5, 5.41) is 5.14. The number of thiophene rings is 1. The lowest BCUT2D eigenvalue weighted by Crippen LogP contribution is -2.28. The lowest BCUT2D eigenvalue weighted by molar-refractivity contribution is 0.768. The quantitative estimate of drug-likeness (QED) is 0.147. The van der Waals surface area contributed by atoms with E-state index in [0.717, 1.165) is 22.6 Å². The molecule has 70 heavy (non-hydrogen) atoms. The Balaban J connectivity index is 0.860. The van der Waals surface area contributed by atoms with Gasteiger partial charge < -0.3 is 9.47 Å². The van der Waals surface area contributed by atoms with E-state index in [1.807, 2.05) is 11.3 Å². The minimum atomic E-state index is -0.452. The van der Waals surface area contributed by atoms with Crippen molar-refractivity contribution < 1.29 is 0 Å². The van der Waals surface area contributed by atoms with Crippen LogP contribution in [0.15, 0.2) is 267 Å². The summed E-state index contributed by atoms with van der Waals surface area (Å²) < 4.78 is 5.06. The average Bonchev–Trinajstić information content (AvgIpc) is 4.08. The van der Waals surface area contributed by atoms with Gasteiger partial charge in [0.1, 0.15) is 0 Å². The van der Waals surface area contributed by atoms with Crippen LogP contribution in [0.5, 0.6) is 0 Å². The van der Waals surface area contributed by atoms with Crippen molar-refractivity contribution in [2.24, 2.45) is 0 Å². The molecular weight excluding hydrogens is 865 g/mol. The summed E-state index contributed by atoms with van der Waals surface area (Å²) in [5.41, 5.74) is 18.8. The van der Waals surface area contributed by atoms with Gasteiger partial charge in [0.2, 0.25) is 0 Å². The third kappa shape index (κ3) is 6.25. The largest absolute Gasteiger partial charge is 0.310 e. The number of anilines is 3. The molecule has 0 aliphatic heterocycles. The summed E-state index contributed by atoms with van der Waals surface area (Å²) in [6.45, 7) is 0. The molecule has 1 aliphatic rings. The minimum Gasteiger partial charge on any atom is -0.310 e. The van der Waals surface area contributed by atoms with Gasteiger partial charge in [-0.1, -0.05) is 188 Å². The summed E-state index contributed by atoms with van der Waals surface area (Å²) >= 11 is 1.87. The van der Waals surface area contributed by atoms with Crippen LogP contribution in [0.4, 0.5) is 17.1 Å². The van der Waals surface area contributed by atoms with Crippen LogP contribution in [-0.4, -0.2) is 4.57 Å². The molecule has 1 aliphatic carbocycles.